The van der Waals surface area contributed by atoms with E-state index >= 15 is 0 Å². The van der Waals surface area contributed by atoms with E-state index in [9.17, 15) is 9.59 Å². The summed E-state index contributed by atoms with van der Waals surface area (Å²) in [6.07, 6.45) is 2.33. The summed E-state index contributed by atoms with van der Waals surface area (Å²) < 4.78 is 5.03. The van der Waals surface area contributed by atoms with Gasteiger partial charge in [-0.3, -0.25) is 9.59 Å². The summed E-state index contributed by atoms with van der Waals surface area (Å²) in [4.78, 5) is 25.4. The van der Waals surface area contributed by atoms with Crippen LogP contribution in [0.1, 0.15) is 30.6 Å². The van der Waals surface area contributed by atoms with Gasteiger partial charge in [-0.05, 0) is 17.9 Å². The van der Waals surface area contributed by atoms with Crippen LogP contribution in [0.15, 0.2) is 23.1 Å². The molecule has 1 heterocycles. The molecule has 0 fully saturated rings. The van der Waals surface area contributed by atoms with E-state index in [2.05, 4.69) is 24.1 Å². The molecule has 0 unspecified atom stereocenters. The van der Waals surface area contributed by atoms with Crippen LogP contribution in [0.4, 0.5) is 0 Å². The highest BCUT2D eigenvalue weighted by Gasteiger charge is 2.19. The molecule has 0 aliphatic carbocycles. The van der Waals surface area contributed by atoms with E-state index in [1.54, 1.807) is 13.2 Å². The van der Waals surface area contributed by atoms with Crippen LogP contribution >= 0.6 is 0 Å². The molecule has 0 aliphatic rings. The van der Waals surface area contributed by atoms with E-state index < -0.39 is 0 Å². The Morgan fingerprint density at radius 2 is 2.22 bits per heavy atom. The molecule has 18 heavy (non-hydrogen) atoms. The number of nitrogens with one attached hydrogen (secondary N) is 2. The Kier molecular flexibility index (Phi) is 5.09. The predicted octanol–water partition coefficient (Wildman–Crippen LogP) is 1.17. The van der Waals surface area contributed by atoms with Crippen molar-refractivity contribution >= 4 is 5.91 Å². The molecule has 1 aromatic heterocycles. The van der Waals surface area contributed by atoms with Crippen molar-refractivity contribution in [3.8, 4) is 0 Å². The van der Waals surface area contributed by atoms with Gasteiger partial charge in [-0.25, -0.2) is 0 Å². The largest absolute Gasteiger partial charge is 0.385 e. The Labute approximate surface area is 107 Å². The van der Waals surface area contributed by atoms with Gasteiger partial charge in [-0.1, -0.05) is 13.8 Å². The monoisotopic (exact) mass is 252 g/mol. The van der Waals surface area contributed by atoms with Crippen LogP contribution in [-0.4, -0.2) is 31.2 Å². The number of ether oxygens (including phenoxy) is 1. The normalized spacial score (nSPS) is 11.3. The first-order valence-electron chi connectivity index (χ1n) is 5.90. The third-order valence-electron chi connectivity index (χ3n) is 2.75. The molecular formula is C13H20N2O3. The van der Waals surface area contributed by atoms with Crippen molar-refractivity contribution < 1.29 is 9.53 Å². The topological polar surface area (TPSA) is 71.2 Å². The first-order chi connectivity index (χ1) is 8.44. The van der Waals surface area contributed by atoms with E-state index in [4.69, 9.17) is 4.74 Å². The summed E-state index contributed by atoms with van der Waals surface area (Å²) >= 11 is 0. The number of H-pyrrole nitrogens is 1. The van der Waals surface area contributed by atoms with Crippen LogP contribution < -0.4 is 10.9 Å². The first kappa shape index (κ1) is 14.4. The Morgan fingerprint density at radius 3 is 2.83 bits per heavy atom. The van der Waals surface area contributed by atoms with E-state index in [0.29, 0.717) is 18.7 Å². The molecule has 0 bridgehead atoms. The molecule has 5 nitrogen and oxygen atoms in total. The molecule has 0 saturated carbocycles. The third kappa shape index (κ3) is 4.71. The van der Waals surface area contributed by atoms with Crippen molar-refractivity contribution in [2.75, 3.05) is 20.3 Å². The molecule has 0 aliphatic heterocycles. The maximum atomic E-state index is 11.8. The molecule has 1 rings (SSSR count). The molecule has 0 radical (unpaired) electrons. The smallest absolute Gasteiger partial charge is 0.251 e. The van der Waals surface area contributed by atoms with Gasteiger partial charge < -0.3 is 15.0 Å². The molecule has 5 heteroatoms. The number of methoxy groups -OCH3 is 1. The molecule has 0 atom stereocenters. The standard InChI is InChI=1S/C13H20N2O3/c1-13(2,5-7-18-3)9-15-12(17)10-4-6-14-11(16)8-10/h4,6,8H,5,7,9H2,1-3H3,(H,14,16)(H,15,17). The fourth-order valence-corrected chi connectivity index (χ4v) is 1.47. The SMILES string of the molecule is COCCC(C)(C)CNC(=O)c1cc[nH]c(=O)c1. The summed E-state index contributed by atoms with van der Waals surface area (Å²) in [5, 5.41) is 2.83. The van der Waals surface area contributed by atoms with Crippen LogP contribution in [-0.2, 0) is 4.74 Å². The van der Waals surface area contributed by atoms with Gasteiger partial charge in [0.05, 0.1) is 0 Å². The lowest BCUT2D eigenvalue weighted by Crippen LogP contribution is -2.35. The van der Waals surface area contributed by atoms with Crippen molar-refractivity contribution in [2.45, 2.75) is 20.3 Å². The van der Waals surface area contributed by atoms with Gasteiger partial charge in [0.2, 0.25) is 5.56 Å². The van der Waals surface area contributed by atoms with Crippen LogP contribution in [0.5, 0.6) is 0 Å². The molecule has 2 N–H and O–H groups in total. The lowest BCUT2D eigenvalue weighted by molar-refractivity contribution is 0.0920. The Hall–Kier alpha value is -1.62. The first-order valence-corrected chi connectivity index (χ1v) is 5.90. The minimum Gasteiger partial charge on any atom is -0.385 e. The fraction of sp³-hybridized carbons (Fsp3) is 0.538. The van der Waals surface area contributed by atoms with Gasteiger partial charge in [0.1, 0.15) is 0 Å². The van der Waals surface area contributed by atoms with Gasteiger partial charge in [0.15, 0.2) is 0 Å². The number of amides is 1. The molecular weight excluding hydrogens is 232 g/mol. The fourth-order valence-electron chi connectivity index (χ4n) is 1.47. The van der Waals surface area contributed by atoms with E-state index in [1.807, 2.05) is 0 Å². The second-order valence-corrected chi connectivity index (χ2v) is 5.03. The highest BCUT2D eigenvalue weighted by Crippen LogP contribution is 2.18. The number of hydrogen-bond acceptors (Lipinski definition) is 3. The zero-order chi connectivity index (χ0) is 13.6. The van der Waals surface area contributed by atoms with Crippen molar-refractivity contribution in [3.05, 3.63) is 34.2 Å². The number of pyridine rings is 1. The average Bonchev–Trinajstić information content (AvgIpc) is 2.34. The molecule has 100 valence electrons. The molecule has 1 aromatic rings. The van der Waals surface area contributed by atoms with E-state index in [-0.39, 0.29) is 16.9 Å². The maximum absolute atomic E-state index is 11.8. The minimum atomic E-state index is -0.277. The average molecular weight is 252 g/mol. The maximum Gasteiger partial charge on any atom is 0.251 e. The quantitative estimate of drug-likeness (QED) is 0.798. The molecule has 0 saturated heterocycles. The molecule has 0 aromatic carbocycles. The van der Waals surface area contributed by atoms with Crippen LogP contribution in [0, 0.1) is 5.41 Å². The zero-order valence-corrected chi connectivity index (χ0v) is 11.1. The van der Waals surface area contributed by atoms with Crippen molar-refractivity contribution in [2.24, 2.45) is 5.41 Å². The summed E-state index contributed by atoms with van der Waals surface area (Å²) in [6.45, 7) is 5.32. The number of aromatic nitrogens is 1. The van der Waals surface area contributed by atoms with Gasteiger partial charge >= 0.3 is 0 Å². The number of rotatable bonds is 6. The summed E-state index contributed by atoms with van der Waals surface area (Å²) in [5.74, 6) is -0.230. The summed E-state index contributed by atoms with van der Waals surface area (Å²) in [5.41, 5.74) is 0.0648. The van der Waals surface area contributed by atoms with Gasteiger partial charge in [-0.15, -0.1) is 0 Å². The molecule has 1 amide bonds. The van der Waals surface area contributed by atoms with E-state index in [0.717, 1.165) is 6.42 Å². The molecule has 0 spiro atoms. The second-order valence-electron chi connectivity index (χ2n) is 5.03. The predicted molar refractivity (Wildman–Crippen MR) is 69.7 cm³/mol. The van der Waals surface area contributed by atoms with Gasteiger partial charge in [-0.2, -0.15) is 0 Å². The second kappa shape index (κ2) is 6.35. The number of carbonyl (C=O) groups excluding carboxylic acids is 1. The number of hydrogen-bond donors (Lipinski definition) is 2. The van der Waals surface area contributed by atoms with E-state index in [1.165, 1.54) is 12.3 Å². The van der Waals surface area contributed by atoms with Crippen LogP contribution in [0.3, 0.4) is 0 Å². The lowest BCUT2D eigenvalue weighted by Gasteiger charge is -2.24. The minimum absolute atomic E-state index is 0.0349. The lowest BCUT2D eigenvalue weighted by atomic mass is 9.89. The third-order valence-corrected chi connectivity index (χ3v) is 2.75. The Balaban J connectivity index is 2.53. The van der Waals surface area contributed by atoms with Crippen molar-refractivity contribution in [3.63, 3.8) is 0 Å². The van der Waals surface area contributed by atoms with Crippen molar-refractivity contribution in [1.82, 2.24) is 10.3 Å². The van der Waals surface area contributed by atoms with Crippen LogP contribution in [0.25, 0.3) is 0 Å². The van der Waals surface area contributed by atoms with Crippen molar-refractivity contribution in [1.29, 1.82) is 0 Å². The zero-order valence-electron chi connectivity index (χ0n) is 11.1. The van der Waals surface area contributed by atoms with Crippen LogP contribution in [0.2, 0.25) is 0 Å². The Morgan fingerprint density at radius 1 is 1.50 bits per heavy atom. The number of carbonyl (C=O) groups is 1. The highest BCUT2D eigenvalue weighted by atomic mass is 16.5. The number of aromatic amines is 1. The summed E-state index contributed by atoms with van der Waals surface area (Å²) in [7, 11) is 1.66. The Bertz CT molecular complexity index is 452. The highest BCUT2D eigenvalue weighted by molar-refractivity contribution is 5.93. The van der Waals surface area contributed by atoms with Gasteiger partial charge in [0, 0.05) is 38.1 Å². The van der Waals surface area contributed by atoms with Gasteiger partial charge in [0.25, 0.3) is 5.91 Å². The summed E-state index contributed by atoms with van der Waals surface area (Å²) in [6, 6.07) is 2.87.